The molecule has 0 heterocycles. The SMILES string of the molecule is CS(=O)(=O)Nc1cc(C(O)CN)ccc1O.Cl. The Hall–Kier alpha value is -1.02. The molecule has 0 amide bonds. The van der Waals surface area contributed by atoms with Crippen molar-refractivity contribution in [2.75, 3.05) is 17.5 Å². The Bertz CT molecular complexity index is 478. The lowest BCUT2D eigenvalue weighted by Gasteiger charge is -2.12. The minimum absolute atomic E-state index is 0. The Morgan fingerprint density at radius 1 is 1.47 bits per heavy atom. The molecule has 5 N–H and O–H groups in total. The zero-order valence-corrected chi connectivity index (χ0v) is 10.8. The lowest BCUT2D eigenvalue weighted by Crippen LogP contribution is -2.13. The van der Waals surface area contributed by atoms with Crippen LogP contribution in [0.2, 0.25) is 0 Å². The van der Waals surface area contributed by atoms with E-state index in [0.29, 0.717) is 5.56 Å². The van der Waals surface area contributed by atoms with Gasteiger partial charge < -0.3 is 15.9 Å². The number of aliphatic hydroxyl groups is 1. The van der Waals surface area contributed by atoms with Crippen molar-refractivity contribution in [1.29, 1.82) is 0 Å². The van der Waals surface area contributed by atoms with E-state index in [1.54, 1.807) is 0 Å². The molecular weight excluding hydrogens is 268 g/mol. The highest BCUT2D eigenvalue weighted by Crippen LogP contribution is 2.27. The quantitative estimate of drug-likeness (QED) is 0.588. The first-order chi connectivity index (χ1) is 7.33. The summed E-state index contributed by atoms with van der Waals surface area (Å²) >= 11 is 0. The van der Waals surface area contributed by atoms with Gasteiger partial charge >= 0.3 is 0 Å². The summed E-state index contributed by atoms with van der Waals surface area (Å²) in [6.45, 7) is 0.0170. The first-order valence-corrected chi connectivity index (χ1v) is 6.41. The van der Waals surface area contributed by atoms with Crippen molar-refractivity contribution in [3.05, 3.63) is 23.8 Å². The molecule has 8 heteroatoms. The number of hydrogen-bond acceptors (Lipinski definition) is 5. The Morgan fingerprint density at radius 2 is 2.06 bits per heavy atom. The average molecular weight is 283 g/mol. The number of nitrogens with two attached hydrogens (primary N) is 1. The van der Waals surface area contributed by atoms with Crippen molar-refractivity contribution in [1.82, 2.24) is 0 Å². The van der Waals surface area contributed by atoms with Gasteiger partial charge in [0.2, 0.25) is 10.0 Å². The summed E-state index contributed by atoms with van der Waals surface area (Å²) in [7, 11) is -3.47. The number of aromatic hydroxyl groups is 1. The smallest absolute Gasteiger partial charge is 0.229 e. The molecule has 98 valence electrons. The van der Waals surface area contributed by atoms with Gasteiger partial charge in [0.1, 0.15) is 5.75 Å². The van der Waals surface area contributed by atoms with Crippen molar-refractivity contribution in [2.24, 2.45) is 5.73 Å². The summed E-state index contributed by atoms with van der Waals surface area (Å²) in [6.07, 6.45) is 0.0825. The zero-order chi connectivity index (χ0) is 12.3. The summed E-state index contributed by atoms with van der Waals surface area (Å²) in [6, 6.07) is 4.11. The van der Waals surface area contributed by atoms with Crippen LogP contribution < -0.4 is 10.5 Å². The molecule has 0 saturated carbocycles. The van der Waals surface area contributed by atoms with E-state index >= 15 is 0 Å². The third kappa shape index (κ3) is 4.78. The fourth-order valence-electron chi connectivity index (χ4n) is 1.18. The van der Waals surface area contributed by atoms with Crippen LogP contribution in [0, 0.1) is 0 Å². The maximum absolute atomic E-state index is 11.0. The number of phenols is 1. The molecule has 0 aromatic heterocycles. The van der Waals surface area contributed by atoms with Gasteiger partial charge in [0.25, 0.3) is 0 Å². The normalized spacial score (nSPS) is 12.6. The fourth-order valence-corrected chi connectivity index (χ4v) is 1.74. The maximum atomic E-state index is 11.0. The molecular formula is C9H15ClN2O4S. The first-order valence-electron chi connectivity index (χ1n) is 4.52. The summed E-state index contributed by atoms with van der Waals surface area (Å²) in [4.78, 5) is 0. The molecule has 1 unspecified atom stereocenters. The Kier molecular flexibility index (Phi) is 5.70. The Labute approximate surface area is 106 Å². The van der Waals surface area contributed by atoms with Gasteiger partial charge in [-0.1, -0.05) is 6.07 Å². The van der Waals surface area contributed by atoms with Crippen LogP contribution in [0.5, 0.6) is 5.75 Å². The molecule has 1 atom stereocenters. The van der Waals surface area contributed by atoms with Gasteiger partial charge in [0, 0.05) is 6.54 Å². The molecule has 0 radical (unpaired) electrons. The Morgan fingerprint density at radius 3 is 2.53 bits per heavy atom. The number of sulfonamides is 1. The van der Waals surface area contributed by atoms with Crippen LogP contribution in [0.3, 0.4) is 0 Å². The van der Waals surface area contributed by atoms with Crippen LogP contribution >= 0.6 is 12.4 Å². The highest BCUT2D eigenvalue weighted by atomic mass is 35.5. The predicted octanol–water partition coefficient (Wildman–Crippen LogP) is 0.178. The number of nitrogens with one attached hydrogen (secondary N) is 1. The van der Waals surface area contributed by atoms with Crippen LogP contribution in [0.25, 0.3) is 0 Å². The number of phenolic OH excluding ortho intramolecular Hbond substituents is 1. The van der Waals surface area contributed by atoms with Gasteiger partial charge in [0.05, 0.1) is 18.0 Å². The lowest BCUT2D eigenvalue weighted by atomic mass is 10.1. The number of anilines is 1. The number of aliphatic hydroxyl groups excluding tert-OH is 1. The van der Waals surface area contributed by atoms with Crippen LogP contribution in [-0.4, -0.2) is 31.4 Å². The second-order valence-corrected chi connectivity index (χ2v) is 5.15. The van der Waals surface area contributed by atoms with E-state index in [2.05, 4.69) is 4.72 Å². The predicted molar refractivity (Wildman–Crippen MR) is 67.8 cm³/mol. The van der Waals surface area contributed by atoms with E-state index in [4.69, 9.17) is 5.73 Å². The average Bonchev–Trinajstić information content (AvgIpc) is 2.18. The van der Waals surface area contributed by atoms with Gasteiger partial charge in [0.15, 0.2) is 0 Å². The maximum Gasteiger partial charge on any atom is 0.229 e. The minimum atomic E-state index is -3.47. The second kappa shape index (κ2) is 6.06. The summed E-state index contributed by atoms with van der Waals surface area (Å²) in [5, 5.41) is 18.9. The van der Waals surface area contributed by atoms with Crippen LogP contribution in [-0.2, 0) is 10.0 Å². The third-order valence-corrected chi connectivity index (χ3v) is 2.51. The van der Waals surface area contributed by atoms with E-state index in [-0.39, 0.29) is 30.4 Å². The molecule has 0 bridgehead atoms. The second-order valence-electron chi connectivity index (χ2n) is 3.40. The van der Waals surface area contributed by atoms with E-state index in [1.807, 2.05) is 0 Å². The summed E-state index contributed by atoms with van der Waals surface area (Å²) in [5.74, 6) is -0.210. The minimum Gasteiger partial charge on any atom is -0.506 e. The first kappa shape index (κ1) is 16.0. The monoisotopic (exact) mass is 282 g/mol. The number of hydrogen-bond donors (Lipinski definition) is 4. The fraction of sp³-hybridized carbons (Fsp3) is 0.333. The number of benzene rings is 1. The van der Waals surface area contributed by atoms with Gasteiger partial charge in [-0.25, -0.2) is 8.42 Å². The van der Waals surface area contributed by atoms with Crippen LogP contribution in [0.4, 0.5) is 5.69 Å². The Balaban J connectivity index is 0.00000256. The highest BCUT2D eigenvalue weighted by Gasteiger charge is 2.11. The van der Waals surface area contributed by atoms with Gasteiger partial charge in [-0.05, 0) is 17.7 Å². The summed E-state index contributed by atoms with van der Waals surface area (Å²) < 4.78 is 24.1. The van der Waals surface area contributed by atoms with E-state index in [9.17, 15) is 18.6 Å². The number of rotatable bonds is 4. The van der Waals surface area contributed by atoms with Crippen molar-refractivity contribution in [3.8, 4) is 5.75 Å². The molecule has 0 aliphatic carbocycles. The molecule has 0 saturated heterocycles. The van der Waals surface area contributed by atoms with E-state index in [0.717, 1.165) is 6.26 Å². The van der Waals surface area contributed by atoms with Crippen molar-refractivity contribution in [2.45, 2.75) is 6.10 Å². The molecule has 1 rings (SSSR count). The molecule has 1 aromatic rings. The molecule has 0 aliphatic rings. The molecule has 17 heavy (non-hydrogen) atoms. The number of halogens is 1. The summed E-state index contributed by atoms with van der Waals surface area (Å²) in [5.41, 5.74) is 5.73. The lowest BCUT2D eigenvalue weighted by molar-refractivity contribution is 0.186. The highest BCUT2D eigenvalue weighted by molar-refractivity contribution is 7.92. The topological polar surface area (TPSA) is 113 Å². The van der Waals surface area contributed by atoms with Crippen molar-refractivity contribution in [3.63, 3.8) is 0 Å². The zero-order valence-electron chi connectivity index (χ0n) is 9.12. The molecule has 1 aromatic carbocycles. The standard InChI is InChI=1S/C9H14N2O4S.ClH/c1-16(14,15)11-7-4-6(9(13)5-10)2-3-8(7)12;/h2-4,9,11-13H,5,10H2,1H3;1H. The van der Waals surface area contributed by atoms with E-state index < -0.39 is 16.1 Å². The van der Waals surface area contributed by atoms with Crippen LogP contribution in [0.15, 0.2) is 18.2 Å². The van der Waals surface area contributed by atoms with Crippen LogP contribution in [0.1, 0.15) is 11.7 Å². The third-order valence-electron chi connectivity index (χ3n) is 1.92. The van der Waals surface area contributed by atoms with Gasteiger partial charge in [-0.3, -0.25) is 4.72 Å². The van der Waals surface area contributed by atoms with E-state index in [1.165, 1.54) is 18.2 Å². The van der Waals surface area contributed by atoms with Crippen molar-refractivity contribution < 1.29 is 18.6 Å². The van der Waals surface area contributed by atoms with Gasteiger partial charge in [-0.15, -0.1) is 12.4 Å². The molecule has 6 nitrogen and oxygen atoms in total. The molecule has 0 fully saturated rings. The van der Waals surface area contributed by atoms with Crippen molar-refractivity contribution >= 4 is 28.1 Å². The molecule has 0 aliphatic heterocycles. The molecule has 0 spiro atoms. The van der Waals surface area contributed by atoms with Gasteiger partial charge in [-0.2, -0.15) is 0 Å². The largest absolute Gasteiger partial charge is 0.506 e.